The van der Waals surface area contributed by atoms with Crippen LogP contribution in [0.1, 0.15) is 6.92 Å². The van der Waals surface area contributed by atoms with Crippen LogP contribution in [-0.2, 0) is 11.3 Å². The van der Waals surface area contributed by atoms with Crippen molar-refractivity contribution in [3.63, 3.8) is 0 Å². The van der Waals surface area contributed by atoms with Gasteiger partial charge < -0.3 is 9.08 Å². The highest BCUT2D eigenvalue weighted by Gasteiger charge is 2.21. The van der Waals surface area contributed by atoms with Crippen molar-refractivity contribution in [3.8, 4) is 5.75 Å². The highest BCUT2D eigenvalue weighted by molar-refractivity contribution is 7.78. The van der Waals surface area contributed by atoms with Gasteiger partial charge in [0.05, 0.1) is 0 Å². The zero-order valence-electron chi connectivity index (χ0n) is 10.0. The van der Waals surface area contributed by atoms with Crippen LogP contribution in [0.2, 0.25) is 0 Å². The molecule has 1 aliphatic rings. The van der Waals surface area contributed by atoms with Crippen LogP contribution < -0.4 is 4.18 Å². The molecular formula is C12H18N2O2S. The number of hydrogen-bond acceptors (Lipinski definition) is 3. The molecule has 0 aliphatic carbocycles. The summed E-state index contributed by atoms with van der Waals surface area (Å²) >= 11 is -1.37. The lowest BCUT2D eigenvalue weighted by Crippen LogP contribution is -2.47. The Morgan fingerprint density at radius 2 is 1.82 bits per heavy atom. The molecule has 1 aliphatic heterocycles. The monoisotopic (exact) mass is 254 g/mol. The molecule has 0 radical (unpaired) electrons. The zero-order valence-corrected chi connectivity index (χ0v) is 10.9. The molecule has 0 spiro atoms. The van der Waals surface area contributed by atoms with Crippen molar-refractivity contribution >= 4 is 11.3 Å². The Hall–Kier alpha value is -0.910. The standard InChI is InChI=1S/C12H18N2O2S/c1-2-13-8-10-14(11-9-13)17(15)16-12-6-4-3-5-7-12/h3-7H,2,8-11H2,1H3. The lowest BCUT2D eigenvalue weighted by Gasteiger charge is -2.31. The maximum absolute atomic E-state index is 12.0. The summed E-state index contributed by atoms with van der Waals surface area (Å²) in [5.41, 5.74) is 0. The molecule has 2 rings (SSSR count). The molecule has 17 heavy (non-hydrogen) atoms. The maximum Gasteiger partial charge on any atom is 0.290 e. The summed E-state index contributed by atoms with van der Waals surface area (Å²) in [6, 6.07) is 9.30. The first kappa shape index (κ1) is 12.5. The van der Waals surface area contributed by atoms with Crippen molar-refractivity contribution in [2.24, 2.45) is 0 Å². The van der Waals surface area contributed by atoms with Crippen molar-refractivity contribution in [3.05, 3.63) is 30.3 Å². The van der Waals surface area contributed by atoms with Crippen LogP contribution in [0.4, 0.5) is 0 Å². The molecule has 1 heterocycles. The Bertz CT molecular complexity index is 364. The average molecular weight is 254 g/mol. The van der Waals surface area contributed by atoms with E-state index < -0.39 is 11.3 Å². The summed E-state index contributed by atoms with van der Waals surface area (Å²) in [5.74, 6) is 0.656. The second-order valence-corrected chi connectivity index (χ2v) is 5.09. The van der Waals surface area contributed by atoms with Crippen LogP contribution in [0.5, 0.6) is 5.75 Å². The number of rotatable bonds is 4. The molecule has 1 atom stereocenters. The molecule has 1 fully saturated rings. The van der Waals surface area contributed by atoms with Gasteiger partial charge in [0.2, 0.25) is 0 Å². The fourth-order valence-corrected chi connectivity index (χ4v) is 2.65. The number of piperazine rings is 1. The van der Waals surface area contributed by atoms with E-state index in [1.807, 2.05) is 34.6 Å². The highest BCUT2D eigenvalue weighted by Crippen LogP contribution is 2.13. The lowest BCUT2D eigenvalue weighted by atomic mass is 10.3. The van der Waals surface area contributed by atoms with Crippen LogP contribution in [0.15, 0.2) is 30.3 Å². The van der Waals surface area contributed by atoms with Crippen LogP contribution in [0.25, 0.3) is 0 Å². The van der Waals surface area contributed by atoms with Crippen molar-refractivity contribution in [2.75, 3.05) is 32.7 Å². The number of likely N-dealkylation sites (N-methyl/N-ethyl adjacent to an activating group) is 1. The predicted molar refractivity (Wildman–Crippen MR) is 68.9 cm³/mol. The summed E-state index contributed by atoms with van der Waals surface area (Å²) in [7, 11) is 0. The van der Waals surface area contributed by atoms with Gasteiger partial charge in [-0.05, 0) is 18.7 Å². The second kappa shape index (κ2) is 6.14. The number of nitrogens with zero attached hydrogens (tertiary/aromatic N) is 2. The second-order valence-electron chi connectivity index (χ2n) is 3.98. The van der Waals surface area contributed by atoms with Crippen LogP contribution in [0.3, 0.4) is 0 Å². The van der Waals surface area contributed by atoms with E-state index in [-0.39, 0.29) is 0 Å². The van der Waals surface area contributed by atoms with Crippen LogP contribution >= 0.6 is 0 Å². The highest BCUT2D eigenvalue weighted by atomic mass is 32.2. The Morgan fingerprint density at radius 1 is 1.18 bits per heavy atom. The van der Waals surface area contributed by atoms with Gasteiger partial charge in [-0.25, -0.2) is 0 Å². The van der Waals surface area contributed by atoms with Gasteiger partial charge in [0.1, 0.15) is 5.75 Å². The fourth-order valence-electron chi connectivity index (χ4n) is 1.81. The molecule has 0 amide bonds. The third kappa shape index (κ3) is 3.52. The average Bonchev–Trinajstić information content (AvgIpc) is 2.40. The van der Waals surface area contributed by atoms with Crippen molar-refractivity contribution in [1.29, 1.82) is 0 Å². The Balaban J connectivity index is 1.85. The van der Waals surface area contributed by atoms with Gasteiger partial charge in [-0.15, -0.1) is 0 Å². The summed E-state index contributed by atoms with van der Waals surface area (Å²) in [4.78, 5) is 2.34. The van der Waals surface area contributed by atoms with Crippen molar-refractivity contribution in [2.45, 2.75) is 6.92 Å². The summed E-state index contributed by atoms with van der Waals surface area (Å²) in [6.07, 6.45) is 0. The van der Waals surface area contributed by atoms with Crippen LogP contribution in [0, 0.1) is 0 Å². The van der Waals surface area contributed by atoms with Gasteiger partial charge in [-0.2, -0.15) is 8.51 Å². The number of para-hydroxylation sites is 1. The van der Waals surface area contributed by atoms with E-state index in [4.69, 9.17) is 4.18 Å². The normalized spacial score (nSPS) is 20.1. The first-order chi connectivity index (χ1) is 8.29. The smallest absolute Gasteiger partial charge is 0.290 e. The Morgan fingerprint density at radius 3 is 2.41 bits per heavy atom. The fraction of sp³-hybridized carbons (Fsp3) is 0.500. The van der Waals surface area contributed by atoms with E-state index in [1.54, 1.807) is 0 Å². The quantitative estimate of drug-likeness (QED) is 0.811. The molecule has 0 N–H and O–H groups in total. The Kier molecular flexibility index (Phi) is 4.53. The zero-order chi connectivity index (χ0) is 12.1. The van der Waals surface area contributed by atoms with Crippen molar-refractivity contribution < 1.29 is 8.39 Å². The van der Waals surface area contributed by atoms with Gasteiger partial charge in [0.15, 0.2) is 0 Å². The summed E-state index contributed by atoms with van der Waals surface area (Å²) in [6.45, 7) is 6.72. The Labute approximate surface area is 105 Å². The lowest BCUT2D eigenvalue weighted by molar-refractivity contribution is 0.195. The summed E-state index contributed by atoms with van der Waals surface area (Å²) in [5, 5.41) is 0. The van der Waals surface area contributed by atoms with E-state index >= 15 is 0 Å². The van der Waals surface area contributed by atoms with Gasteiger partial charge in [-0.3, -0.25) is 0 Å². The molecule has 0 saturated carbocycles. The van der Waals surface area contributed by atoms with E-state index in [0.717, 1.165) is 32.7 Å². The van der Waals surface area contributed by atoms with Crippen molar-refractivity contribution in [1.82, 2.24) is 9.21 Å². The van der Waals surface area contributed by atoms with Gasteiger partial charge in [-0.1, -0.05) is 25.1 Å². The third-order valence-corrected chi connectivity index (χ3v) is 4.02. The molecule has 1 saturated heterocycles. The minimum absolute atomic E-state index is 0.656. The topological polar surface area (TPSA) is 32.8 Å². The minimum Gasteiger partial charge on any atom is -0.389 e. The molecular weight excluding hydrogens is 236 g/mol. The van der Waals surface area contributed by atoms with Gasteiger partial charge in [0, 0.05) is 26.2 Å². The SMILES string of the molecule is CCN1CCN(S(=O)Oc2ccccc2)CC1. The predicted octanol–water partition coefficient (Wildman–Crippen LogP) is 1.28. The molecule has 5 heteroatoms. The first-order valence-electron chi connectivity index (χ1n) is 5.92. The van der Waals surface area contributed by atoms with E-state index in [2.05, 4.69) is 11.8 Å². The first-order valence-corrected chi connectivity index (χ1v) is 6.95. The van der Waals surface area contributed by atoms with E-state index in [1.165, 1.54) is 0 Å². The van der Waals surface area contributed by atoms with E-state index in [0.29, 0.717) is 5.75 Å². The molecule has 0 aromatic heterocycles. The number of benzene rings is 1. The maximum atomic E-state index is 12.0. The number of hydrogen-bond donors (Lipinski definition) is 0. The molecule has 4 nitrogen and oxygen atoms in total. The summed E-state index contributed by atoms with van der Waals surface area (Å²) < 4.78 is 19.2. The van der Waals surface area contributed by atoms with Gasteiger partial charge in [0.25, 0.3) is 11.3 Å². The van der Waals surface area contributed by atoms with E-state index in [9.17, 15) is 4.21 Å². The molecule has 1 aromatic rings. The molecule has 1 aromatic carbocycles. The van der Waals surface area contributed by atoms with Crippen LogP contribution in [-0.4, -0.2) is 46.1 Å². The third-order valence-electron chi connectivity index (χ3n) is 2.90. The van der Waals surface area contributed by atoms with Gasteiger partial charge >= 0.3 is 0 Å². The molecule has 94 valence electrons. The molecule has 0 bridgehead atoms. The molecule has 1 unspecified atom stereocenters. The minimum atomic E-state index is -1.37. The largest absolute Gasteiger partial charge is 0.389 e.